The summed E-state index contributed by atoms with van der Waals surface area (Å²) < 4.78 is 16.3. The predicted octanol–water partition coefficient (Wildman–Crippen LogP) is 2.50. The SMILES string of the molecule is CC(OC(=O)C1CC1)C1CN(C(=O)CCNC(=O)OCc2ccccc2)CCN1CC(=O)OC(C)(C)C. The zero-order valence-electron chi connectivity index (χ0n) is 22.2. The first-order valence-electron chi connectivity index (χ1n) is 12.9. The molecule has 10 nitrogen and oxygen atoms in total. The molecule has 1 aromatic rings. The van der Waals surface area contributed by atoms with Gasteiger partial charge in [-0.1, -0.05) is 30.3 Å². The minimum absolute atomic E-state index is 0.0456. The van der Waals surface area contributed by atoms with E-state index in [1.807, 2.05) is 56.0 Å². The van der Waals surface area contributed by atoms with Gasteiger partial charge in [0, 0.05) is 32.6 Å². The van der Waals surface area contributed by atoms with Crippen LogP contribution in [0, 0.1) is 5.92 Å². The molecule has 1 heterocycles. The molecule has 1 saturated carbocycles. The second-order valence-corrected chi connectivity index (χ2v) is 10.6. The van der Waals surface area contributed by atoms with Gasteiger partial charge in [0.05, 0.1) is 18.5 Å². The molecular weight excluding hydrogens is 478 g/mol. The molecule has 2 unspecified atom stereocenters. The number of esters is 2. The van der Waals surface area contributed by atoms with E-state index >= 15 is 0 Å². The number of nitrogens with zero attached hydrogens (tertiary/aromatic N) is 2. The molecule has 10 heteroatoms. The van der Waals surface area contributed by atoms with E-state index in [0.29, 0.717) is 19.6 Å². The summed E-state index contributed by atoms with van der Waals surface area (Å²) in [6.07, 6.45) is 0.691. The number of nitrogens with one attached hydrogen (secondary N) is 1. The van der Waals surface area contributed by atoms with E-state index in [2.05, 4.69) is 5.32 Å². The second kappa shape index (κ2) is 12.9. The molecule has 0 radical (unpaired) electrons. The number of ether oxygens (including phenoxy) is 3. The number of rotatable bonds is 10. The summed E-state index contributed by atoms with van der Waals surface area (Å²) in [5.74, 6) is -0.774. The van der Waals surface area contributed by atoms with Crippen molar-refractivity contribution in [3.8, 4) is 0 Å². The van der Waals surface area contributed by atoms with Crippen molar-refractivity contribution >= 4 is 23.9 Å². The first-order chi connectivity index (χ1) is 17.5. The lowest BCUT2D eigenvalue weighted by Gasteiger charge is -2.43. The number of benzene rings is 1. The van der Waals surface area contributed by atoms with Crippen molar-refractivity contribution in [3.05, 3.63) is 35.9 Å². The quantitative estimate of drug-likeness (QED) is 0.372. The van der Waals surface area contributed by atoms with Crippen LogP contribution in [0.1, 0.15) is 52.5 Å². The monoisotopic (exact) mass is 517 g/mol. The number of piperazine rings is 1. The Morgan fingerprint density at radius 2 is 1.78 bits per heavy atom. The highest BCUT2D eigenvalue weighted by Gasteiger charge is 2.39. The predicted molar refractivity (Wildman–Crippen MR) is 135 cm³/mol. The van der Waals surface area contributed by atoms with Gasteiger partial charge in [0.15, 0.2) is 0 Å². The van der Waals surface area contributed by atoms with E-state index in [1.54, 1.807) is 11.8 Å². The minimum atomic E-state index is -0.607. The maximum absolute atomic E-state index is 12.9. The van der Waals surface area contributed by atoms with Gasteiger partial charge in [-0.05, 0) is 46.1 Å². The molecule has 2 aliphatic rings. The summed E-state index contributed by atoms with van der Waals surface area (Å²) in [4.78, 5) is 53.2. The van der Waals surface area contributed by atoms with Crippen LogP contribution in [0.15, 0.2) is 30.3 Å². The molecule has 2 atom stereocenters. The first-order valence-corrected chi connectivity index (χ1v) is 12.9. The third kappa shape index (κ3) is 9.68. The molecule has 1 saturated heterocycles. The van der Waals surface area contributed by atoms with Crippen molar-refractivity contribution in [3.63, 3.8) is 0 Å². The van der Waals surface area contributed by atoms with E-state index < -0.39 is 17.8 Å². The third-order valence-corrected chi connectivity index (χ3v) is 6.21. The molecule has 2 fully saturated rings. The fraction of sp³-hybridized carbons (Fsp3) is 0.630. The average molecular weight is 518 g/mol. The fourth-order valence-electron chi connectivity index (χ4n) is 4.14. The van der Waals surface area contributed by atoms with Crippen molar-refractivity contribution in [2.75, 3.05) is 32.7 Å². The number of amides is 2. The summed E-state index contributed by atoms with van der Waals surface area (Å²) in [6.45, 7) is 8.72. The Hall–Kier alpha value is -3.14. The van der Waals surface area contributed by atoms with Crippen LogP contribution in [-0.2, 0) is 35.2 Å². The Kier molecular flexibility index (Phi) is 9.91. The molecule has 1 aliphatic carbocycles. The normalized spacial score (nSPS) is 19.0. The minimum Gasteiger partial charge on any atom is -0.461 e. The van der Waals surface area contributed by atoms with Crippen LogP contribution in [0.5, 0.6) is 0 Å². The molecule has 1 aliphatic heterocycles. The summed E-state index contributed by atoms with van der Waals surface area (Å²) in [7, 11) is 0. The number of hydrogen-bond acceptors (Lipinski definition) is 8. The van der Waals surface area contributed by atoms with Gasteiger partial charge in [-0.25, -0.2) is 4.79 Å². The highest BCUT2D eigenvalue weighted by molar-refractivity contribution is 5.78. The van der Waals surface area contributed by atoms with Crippen LogP contribution >= 0.6 is 0 Å². The van der Waals surface area contributed by atoms with Gasteiger partial charge in [-0.15, -0.1) is 0 Å². The zero-order valence-corrected chi connectivity index (χ0v) is 22.2. The van der Waals surface area contributed by atoms with Crippen LogP contribution in [0.2, 0.25) is 0 Å². The molecule has 204 valence electrons. The second-order valence-electron chi connectivity index (χ2n) is 10.6. The molecular formula is C27H39N3O7. The van der Waals surface area contributed by atoms with Crippen molar-refractivity contribution < 1.29 is 33.4 Å². The summed E-state index contributed by atoms with van der Waals surface area (Å²) in [6, 6.07) is 8.98. The van der Waals surface area contributed by atoms with Crippen LogP contribution in [0.3, 0.4) is 0 Å². The summed E-state index contributed by atoms with van der Waals surface area (Å²) in [5, 5.41) is 2.61. The Balaban J connectivity index is 1.50. The van der Waals surface area contributed by atoms with Crippen LogP contribution in [0.4, 0.5) is 4.79 Å². The molecule has 2 amide bonds. The van der Waals surface area contributed by atoms with Gasteiger partial charge >= 0.3 is 18.0 Å². The van der Waals surface area contributed by atoms with Crippen molar-refractivity contribution in [1.29, 1.82) is 0 Å². The number of hydrogen-bond donors (Lipinski definition) is 1. The lowest BCUT2D eigenvalue weighted by atomic mass is 10.1. The molecule has 0 spiro atoms. The Bertz CT molecular complexity index is 943. The van der Waals surface area contributed by atoms with Crippen LogP contribution in [0.25, 0.3) is 0 Å². The lowest BCUT2D eigenvalue weighted by Crippen LogP contribution is -2.60. The fourth-order valence-corrected chi connectivity index (χ4v) is 4.14. The van der Waals surface area contributed by atoms with Crippen molar-refractivity contribution in [2.45, 2.75) is 71.3 Å². The molecule has 0 bridgehead atoms. The first kappa shape index (κ1) is 28.4. The van der Waals surface area contributed by atoms with Crippen LogP contribution < -0.4 is 5.32 Å². The smallest absolute Gasteiger partial charge is 0.407 e. The van der Waals surface area contributed by atoms with Gasteiger partial charge in [0.2, 0.25) is 5.91 Å². The van der Waals surface area contributed by atoms with E-state index in [0.717, 1.165) is 18.4 Å². The summed E-state index contributed by atoms with van der Waals surface area (Å²) in [5.41, 5.74) is 0.268. The van der Waals surface area contributed by atoms with Gasteiger partial charge in [0.1, 0.15) is 18.3 Å². The van der Waals surface area contributed by atoms with Gasteiger partial charge in [0.25, 0.3) is 0 Å². The topological polar surface area (TPSA) is 114 Å². The Labute approximate surface area is 218 Å². The Morgan fingerprint density at radius 1 is 1.08 bits per heavy atom. The van der Waals surface area contributed by atoms with Crippen LogP contribution in [-0.4, -0.2) is 84.2 Å². The maximum atomic E-state index is 12.9. The largest absolute Gasteiger partial charge is 0.461 e. The Morgan fingerprint density at radius 3 is 2.43 bits per heavy atom. The highest BCUT2D eigenvalue weighted by atomic mass is 16.6. The van der Waals surface area contributed by atoms with E-state index in [-0.39, 0.29) is 55.9 Å². The molecule has 1 N–H and O–H groups in total. The van der Waals surface area contributed by atoms with E-state index in [1.165, 1.54) is 0 Å². The van der Waals surface area contributed by atoms with Crippen molar-refractivity contribution in [2.24, 2.45) is 5.92 Å². The van der Waals surface area contributed by atoms with Crippen molar-refractivity contribution in [1.82, 2.24) is 15.1 Å². The summed E-state index contributed by atoms with van der Waals surface area (Å²) >= 11 is 0. The average Bonchev–Trinajstić information content (AvgIpc) is 3.68. The molecule has 0 aromatic heterocycles. The van der Waals surface area contributed by atoms with Gasteiger partial charge in [-0.3, -0.25) is 19.3 Å². The van der Waals surface area contributed by atoms with E-state index in [4.69, 9.17) is 14.2 Å². The third-order valence-electron chi connectivity index (χ3n) is 6.21. The standard InChI is InChI=1S/C27H39N3O7/c1-19(36-25(33)21-10-11-21)22-16-30(15-14-29(22)17-24(32)37-27(2,3)4)23(31)12-13-28-26(34)35-18-20-8-6-5-7-9-20/h5-9,19,21-22H,10-18H2,1-4H3,(H,28,34). The molecule has 37 heavy (non-hydrogen) atoms. The molecule has 3 rings (SSSR count). The van der Waals surface area contributed by atoms with Gasteiger partial charge in [-0.2, -0.15) is 0 Å². The number of carbonyl (C=O) groups excluding carboxylic acids is 4. The lowest BCUT2D eigenvalue weighted by molar-refractivity contribution is -0.161. The van der Waals surface area contributed by atoms with Gasteiger partial charge < -0.3 is 24.4 Å². The maximum Gasteiger partial charge on any atom is 0.407 e. The number of alkyl carbamates (subject to hydrolysis) is 1. The zero-order chi connectivity index (χ0) is 27.0. The highest BCUT2D eigenvalue weighted by Crippen LogP contribution is 2.31. The number of carbonyl (C=O) groups is 4. The molecule has 1 aromatic carbocycles. The van der Waals surface area contributed by atoms with E-state index in [9.17, 15) is 19.2 Å².